The average Bonchev–Trinajstić information content (AvgIpc) is 3.03. The van der Waals surface area contributed by atoms with Crippen molar-refractivity contribution in [2.45, 2.75) is 13.5 Å². The number of alkyl carbamates (subject to hydrolysis) is 1. The molecule has 0 fully saturated rings. The van der Waals surface area contributed by atoms with Crippen LogP contribution in [0.4, 0.5) is 4.79 Å². The summed E-state index contributed by atoms with van der Waals surface area (Å²) in [5, 5.41) is 2.64. The van der Waals surface area contributed by atoms with E-state index in [1.807, 2.05) is 37.3 Å². The monoisotopic (exact) mass is 619 g/mol. The summed E-state index contributed by atoms with van der Waals surface area (Å²) in [7, 11) is 0. The van der Waals surface area contributed by atoms with Crippen LogP contribution >= 0.6 is 0 Å². The number of hydrogen-bond donors (Lipinski definition) is 1. The minimum absolute atomic E-state index is 0.240. The first kappa shape index (κ1) is 39.1. The van der Waals surface area contributed by atoms with E-state index in [1.54, 1.807) is 0 Å². The molecule has 13 nitrogen and oxygen atoms in total. The summed E-state index contributed by atoms with van der Waals surface area (Å²) in [6, 6.07) is 9.51. The number of benzene rings is 1. The van der Waals surface area contributed by atoms with Gasteiger partial charge in [-0.3, -0.25) is 0 Å². The van der Waals surface area contributed by atoms with Crippen LogP contribution in [-0.4, -0.2) is 145 Å². The summed E-state index contributed by atoms with van der Waals surface area (Å²) < 4.78 is 59.2. The maximum atomic E-state index is 11.6. The van der Waals surface area contributed by atoms with Crippen LogP contribution in [0.3, 0.4) is 0 Å². The normalized spacial score (nSPS) is 11.2. The van der Waals surface area contributed by atoms with Crippen LogP contribution in [0.15, 0.2) is 30.3 Å². The zero-order chi connectivity index (χ0) is 30.7. The molecule has 0 aromatic heterocycles. The summed E-state index contributed by atoms with van der Waals surface area (Å²) in [5.41, 5.74) is 0.939. The molecule has 1 aromatic carbocycles. The van der Waals surface area contributed by atoms with E-state index >= 15 is 0 Å². The quantitative estimate of drug-likeness (QED) is 0.116. The molecule has 0 spiro atoms. The number of amides is 1. The van der Waals surface area contributed by atoms with Crippen molar-refractivity contribution in [3.05, 3.63) is 35.9 Å². The first-order valence-electron chi connectivity index (χ1n) is 15.0. The fourth-order valence-corrected chi connectivity index (χ4v) is 3.12. The molecule has 0 unspecified atom stereocenters. The largest absolute Gasteiger partial charge is 0.445 e. The number of carbonyl (C=O) groups is 1. The summed E-state index contributed by atoms with van der Waals surface area (Å²) in [4.78, 5) is 11.6. The van der Waals surface area contributed by atoms with Crippen molar-refractivity contribution >= 4 is 6.09 Å². The average molecular weight is 620 g/mol. The van der Waals surface area contributed by atoms with Gasteiger partial charge >= 0.3 is 6.09 Å². The molecule has 250 valence electrons. The van der Waals surface area contributed by atoms with Crippen molar-refractivity contribution in [1.82, 2.24) is 5.32 Å². The van der Waals surface area contributed by atoms with E-state index in [1.165, 1.54) is 0 Å². The second-order valence-corrected chi connectivity index (χ2v) is 8.70. The minimum Gasteiger partial charge on any atom is -0.445 e. The maximum Gasteiger partial charge on any atom is 0.407 e. The molecule has 0 heterocycles. The molecule has 0 aliphatic rings. The molecule has 43 heavy (non-hydrogen) atoms. The molecule has 0 bridgehead atoms. The van der Waals surface area contributed by atoms with E-state index in [0.717, 1.165) is 5.56 Å². The van der Waals surface area contributed by atoms with Gasteiger partial charge in [0.25, 0.3) is 0 Å². The lowest BCUT2D eigenvalue weighted by molar-refractivity contribution is -0.0262. The molecule has 1 aromatic rings. The molecule has 1 rings (SSSR count). The number of carbonyl (C=O) groups excluding carboxylic acids is 1. The second kappa shape index (κ2) is 33.0. The molecule has 0 saturated heterocycles. The van der Waals surface area contributed by atoms with E-state index in [9.17, 15) is 4.79 Å². The lowest BCUT2D eigenvalue weighted by Gasteiger charge is -2.09. The number of ether oxygens (including phenoxy) is 11. The summed E-state index contributed by atoms with van der Waals surface area (Å²) in [5.74, 6) is 0. The van der Waals surface area contributed by atoms with Crippen molar-refractivity contribution in [2.75, 3.05) is 139 Å². The molecule has 0 aliphatic heterocycles. The van der Waals surface area contributed by atoms with Gasteiger partial charge in [-0.25, -0.2) is 4.79 Å². The summed E-state index contributed by atoms with van der Waals surface area (Å²) >= 11 is 0. The Labute approximate surface area is 256 Å². The smallest absolute Gasteiger partial charge is 0.407 e. The summed E-state index contributed by atoms with van der Waals surface area (Å²) in [6.45, 7) is 12.9. The first-order chi connectivity index (χ1) is 21.3. The maximum absolute atomic E-state index is 11.6. The fraction of sp³-hybridized carbons (Fsp3) is 0.767. The highest BCUT2D eigenvalue weighted by atomic mass is 16.6. The van der Waals surface area contributed by atoms with E-state index < -0.39 is 6.09 Å². The molecular weight excluding hydrogens is 566 g/mol. The predicted molar refractivity (Wildman–Crippen MR) is 158 cm³/mol. The highest BCUT2D eigenvalue weighted by Crippen LogP contribution is 2.00. The van der Waals surface area contributed by atoms with Gasteiger partial charge in [-0.2, -0.15) is 0 Å². The topological polar surface area (TPSA) is 131 Å². The van der Waals surface area contributed by atoms with E-state index in [-0.39, 0.29) is 6.61 Å². The Bertz CT molecular complexity index is 701. The Kier molecular flexibility index (Phi) is 30.0. The molecule has 1 N–H and O–H groups in total. The third kappa shape index (κ3) is 29.9. The van der Waals surface area contributed by atoms with E-state index in [0.29, 0.717) is 139 Å². The highest BCUT2D eigenvalue weighted by Gasteiger charge is 2.02. The first-order valence-corrected chi connectivity index (χ1v) is 15.0. The minimum atomic E-state index is -0.467. The van der Waals surface area contributed by atoms with Crippen LogP contribution < -0.4 is 5.32 Å². The summed E-state index contributed by atoms with van der Waals surface area (Å²) in [6.07, 6.45) is -0.467. The van der Waals surface area contributed by atoms with Gasteiger partial charge in [0.15, 0.2) is 0 Å². The lowest BCUT2D eigenvalue weighted by Crippen LogP contribution is -2.28. The molecule has 0 saturated carbocycles. The Hall–Kier alpha value is -1.91. The van der Waals surface area contributed by atoms with Crippen LogP contribution in [0.1, 0.15) is 12.5 Å². The van der Waals surface area contributed by atoms with Gasteiger partial charge in [-0.15, -0.1) is 0 Å². The molecule has 0 radical (unpaired) electrons. The third-order valence-corrected chi connectivity index (χ3v) is 5.28. The zero-order valence-electron chi connectivity index (χ0n) is 25.8. The van der Waals surface area contributed by atoms with Crippen molar-refractivity contribution in [3.8, 4) is 0 Å². The van der Waals surface area contributed by atoms with Crippen molar-refractivity contribution in [2.24, 2.45) is 0 Å². The number of nitrogens with one attached hydrogen (secondary N) is 1. The lowest BCUT2D eigenvalue weighted by atomic mass is 10.2. The van der Waals surface area contributed by atoms with Crippen molar-refractivity contribution in [1.29, 1.82) is 0 Å². The van der Waals surface area contributed by atoms with E-state index in [2.05, 4.69) is 5.32 Å². The second-order valence-electron chi connectivity index (χ2n) is 8.70. The van der Waals surface area contributed by atoms with Crippen molar-refractivity contribution < 1.29 is 56.9 Å². The van der Waals surface area contributed by atoms with Gasteiger partial charge < -0.3 is 57.4 Å². The molecule has 13 heteroatoms. The van der Waals surface area contributed by atoms with Crippen LogP contribution in [-0.2, 0) is 58.7 Å². The predicted octanol–water partition coefficient (Wildman–Crippen LogP) is 2.10. The standard InChI is InChI=1S/C30H53NO12/c1-2-33-10-11-35-14-15-37-18-19-39-22-23-41-26-27-42-25-24-40-21-20-38-17-16-36-13-12-34-9-8-31-30(32)43-28-29-6-4-3-5-7-29/h3-7H,2,8-28H2,1H3,(H,31,32). The molecule has 0 atom stereocenters. The SMILES string of the molecule is CCOCCOCCOCCOCCOCCOCCOCCOCCOCCOCCNC(=O)OCc1ccccc1. The van der Waals surface area contributed by atoms with Crippen LogP contribution in [0.25, 0.3) is 0 Å². The van der Waals surface area contributed by atoms with Crippen LogP contribution in [0.2, 0.25) is 0 Å². The Morgan fingerprint density at radius 3 is 1.16 bits per heavy atom. The van der Waals surface area contributed by atoms with Crippen LogP contribution in [0.5, 0.6) is 0 Å². The Morgan fingerprint density at radius 2 is 0.814 bits per heavy atom. The Balaban J connectivity index is 1.65. The Morgan fingerprint density at radius 1 is 0.488 bits per heavy atom. The highest BCUT2D eigenvalue weighted by molar-refractivity contribution is 5.67. The zero-order valence-corrected chi connectivity index (χ0v) is 25.8. The van der Waals surface area contributed by atoms with Crippen molar-refractivity contribution in [3.63, 3.8) is 0 Å². The molecule has 0 aliphatic carbocycles. The van der Waals surface area contributed by atoms with Gasteiger partial charge in [0.05, 0.1) is 126 Å². The third-order valence-electron chi connectivity index (χ3n) is 5.28. The number of hydrogen-bond acceptors (Lipinski definition) is 12. The van der Waals surface area contributed by atoms with Gasteiger partial charge in [0.2, 0.25) is 0 Å². The van der Waals surface area contributed by atoms with Gasteiger partial charge in [-0.05, 0) is 12.5 Å². The molecular formula is C30H53NO12. The van der Waals surface area contributed by atoms with Gasteiger partial charge in [-0.1, -0.05) is 30.3 Å². The van der Waals surface area contributed by atoms with Gasteiger partial charge in [0, 0.05) is 13.2 Å². The van der Waals surface area contributed by atoms with Gasteiger partial charge in [0.1, 0.15) is 6.61 Å². The fourth-order valence-electron chi connectivity index (χ4n) is 3.12. The number of rotatable bonds is 33. The van der Waals surface area contributed by atoms with E-state index in [4.69, 9.17) is 52.1 Å². The molecule has 1 amide bonds. The van der Waals surface area contributed by atoms with Crippen LogP contribution in [0, 0.1) is 0 Å².